The van der Waals surface area contributed by atoms with Crippen molar-refractivity contribution < 1.29 is 13.2 Å². The van der Waals surface area contributed by atoms with E-state index in [0.29, 0.717) is 17.3 Å². The number of anilines is 1. The first-order valence-electron chi connectivity index (χ1n) is 9.94. The van der Waals surface area contributed by atoms with Gasteiger partial charge in [-0.1, -0.05) is 36.0 Å². The summed E-state index contributed by atoms with van der Waals surface area (Å²) in [6.45, 7) is 1.78. The molecule has 0 saturated carbocycles. The molecule has 0 spiro atoms. The second kappa shape index (κ2) is 9.87. The minimum absolute atomic E-state index is 0.0165. The number of carbonyl (C=O) groups excluding carboxylic acids is 1. The van der Waals surface area contributed by atoms with E-state index in [-0.39, 0.29) is 10.8 Å². The number of nitrogens with one attached hydrogen (secondary N) is 1. The van der Waals surface area contributed by atoms with Gasteiger partial charge in [0.05, 0.1) is 10.1 Å². The van der Waals surface area contributed by atoms with Gasteiger partial charge in [0, 0.05) is 22.7 Å². The van der Waals surface area contributed by atoms with Gasteiger partial charge in [-0.15, -0.1) is 21.5 Å². The molecule has 0 bridgehead atoms. The molecule has 0 radical (unpaired) electrons. The van der Waals surface area contributed by atoms with E-state index < -0.39 is 15.3 Å². The second-order valence-corrected chi connectivity index (χ2v) is 11.0. The van der Waals surface area contributed by atoms with Crippen molar-refractivity contribution in [1.82, 2.24) is 14.8 Å². The number of nitrogens with zero attached hydrogens (tertiary/aromatic N) is 3. The van der Waals surface area contributed by atoms with Crippen molar-refractivity contribution in [2.75, 3.05) is 5.32 Å². The zero-order valence-electron chi connectivity index (χ0n) is 17.6. The Morgan fingerprint density at radius 2 is 1.82 bits per heavy atom. The van der Waals surface area contributed by atoms with Gasteiger partial charge in [0.15, 0.2) is 5.16 Å². The normalized spacial score (nSPS) is 12.4. The van der Waals surface area contributed by atoms with Crippen molar-refractivity contribution >= 4 is 44.7 Å². The van der Waals surface area contributed by atoms with E-state index in [0.717, 1.165) is 11.5 Å². The Labute approximate surface area is 199 Å². The predicted molar refractivity (Wildman–Crippen MR) is 130 cm³/mol. The number of hydrogen-bond acceptors (Lipinski definition) is 7. The third-order valence-electron chi connectivity index (χ3n) is 4.73. The van der Waals surface area contributed by atoms with Crippen LogP contribution in [-0.2, 0) is 21.2 Å². The molecule has 0 aliphatic rings. The van der Waals surface area contributed by atoms with Crippen LogP contribution in [0.2, 0.25) is 0 Å². The summed E-state index contributed by atoms with van der Waals surface area (Å²) in [5.74, 6) is 0.545. The highest BCUT2D eigenvalue weighted by Gasteiger charge is 2.22. The topological polar surface area (TPSA) is 120 Å². The van der Waals surface area contributed by atoms with Crippen LogP contribution in [0, 0.1) is 0 Å². The van der Waals surface area contributed by atoms with Crippen LogP contribution in [0.4, 0.5) is 5.69 Å². The number of aromatic nitrogens is 3. The van der Waals surface area contributed by atoms with Gasteiger partial charge in [-0.2, -0.15) is 0 Å². The minimum Gasteiger partial charge on any atom is -0.325 e. The molecule has 3 N–H and O–H groups in total. The van der Waals surface area contributed by atoms with Crippen molar-refractivity contribution in [2.24, 2.45) is 5.14 Å². The fourth-order valence-corrected chi connectivity index (χ4v) is 5.18. The number of rotatable bonds is 8. The van der Waals surface area contributed by atoms with E-state index in [1.54, 1.807) is 18.3 Å². The van der Waals surface area contributed by atoms with Crippen molar-refractivity contribution in [1.29, 1.82) is 0 Å². The number of sulfonamides is 1. The van der Waals surface area contributed by atoms with E-state index in [2.05, 4.69) is 21.6 Å². The molecule has 170 valence electrons. The lowest BCUT2D eigenvalue weighted by atomic mass is 10.3. The third kappa shape index (κ3) is 5.69. The molecular weight excluding hydrogens is 478 g/mol. The molecule has 0 saturated heterocycles. The molecule has 4 aromatic rings. The Morgan fingerprint density at radius 3 is 2.45 bits per heavy atom. The maximum absolute atomic E-state index is 12.8. The predicted octanol–water partition coefficient (Wildman–Crippen LogP) is 3.69. The summed E-state index contributed by atoms with van der Waals surface area (Å²) in [6, 6.07) is 19.5. The average molecular weight is 500 g/mol. The number of para-hydroxylation sites is 1. The Balaban J connectivity index is 1.53. The minimum atomic E-state index is -3.79. The summed E-state index contributed by atoms with van der Waals surface area (Å²) < 4.78 is 24.8. The second-order valence-electron chi connectivity index (χ2n) is 7.14. The van der Waals surface area contributed by atoms with Gasteiger partial charge in [-0.05, 0) is 54.8 Å². The molecule has 0 aliphatic heterocycles. The van der Waals surface area contributed by atoms with Crippen molar-refractivity contribution in [3.05, 3.63) is 82.8 Å². The molecule has 1 amide bonds. The number of thiophene rings is 1. The molecule has 0 unspecified atom stereocenters. The number of thioether (sulfide) groups is 1. The van der Waals surface area contributed by atoms with E-state index in [4.69, 9.17) is 5.14 Å². The maximum Gasteiger partial charge on any atom is 0.238 e. The van der Waals surface area contributed by atoms with Gasteiger partial charge in [0.1, 0.15) is 5.82 Å². The number of carbonyl (C=O) groups is 1. The molecule has 33 heavy (non-hydrogen) atoms. The molecule has 8 nitrogen and oxygen atoms in total. The van der Waals surface area contributed by atoms with Crippen molar-refractivity contribution in [2.45, 2.75) is 28.6 Å². The first kappa shape index (κ1) is 23.2. The number of primary sulfonamides is 1. The van der Waals surface area contributed by atoms with Crippen LogP contribution in [0.15, 0.2) is 82.2 Å². The molecule has 0 fully saturated rings. The molecule has 2 heterocycles. The van der Waals surface area contributed by atoms with Crippen LogP contribution >= 0.6 is 23.1 Å². The Kier molecular flexibility index (Phi) is 6.94. The van der Waals surface area contributed by atoms with Crippen LogP contribution in [0.25, 0.3) is 5.69 Å². The lowest BCUT2D eigenvalue weighted by Crippen LogP contribution is -2.23. The maximum atomic E-state index is 12.8. The summed E-state index contributed by atoms with van der Waals surface area (Å²) in [4.78, 5) is 13.9. The zero-order valence-corrected chi connectivity index (χ0v) is 20.0. The van der Waals surface area contributed by atoms with E-state index in [1.807, 2.05) is 46.3 Å². The lowest BCUT2D eigenvalue weighted by molar-refractivity contribution is -0.115. The molecular formula is C22H21N5O3S3. The quantitative estimate of drug-likeness (QED) is 0.357. The highest BCUT2D eigenvalue weighted by molar-refractivity contribution is 8.00. The van der Waals surface area contributed by atoms with Crippen LogP contribution in [0.5, 0.6) is 0 Å². The van der Waals surface area contributed by atoms with Gasteiger partial charge in [0.25, 0.3) is 0 Å². The van der Waals surface area contributed by atoms with Crippen molar-refractivity contribution in [3.63, 3.8) is 0 Å². The van der Waals surface area contributed by atoms with Crippen LogP contribution in [0.1, 0.15) is 17.6 Å². The van der Waals surface area contributed by atoms with Gasteiger partial charge >= 0.3 is 0 Å². The van der Waals surface area contributed by atoms with E-state index in [1.165, 1.54) is 40.9 Å². The fourth-order valence-electron chi connectivity index (χ4n) is 3.08. The number of nitrogens with two attached hydrogens (primary N) is 1. The molecule has 0 aliphatic carbocycles. The fraction of sp³-hybridized carbons (Fsp3) is 0.136. The van der Waals surface area contributed by atoms with Gasteiger partial charge in [-0.3, -0.25) is 9.36 Å². The summed E-state index contributed by atoms with van der Waals surface area (Å²) >= 11 is 2.95. The molecule has 11 heteroatoms. The van der Waals surface area contributed by atoms with Crippen LogP contribution < -0.4 is 10.5 Å². The number of benzene rings is 2. The number of amides is 1. The molecule has 1 atom stereocenters. The summed E-state index contributed by atoms with van der Waals surface area (Å²) in [6.07, 6.45) is 0.636. The summed E-state index contributed by atoms with van der Waals surface area (Å²) in [7, 11) is -3.79. The number of hydrogen-bond donors (Lipinski definition) is 2. The SMILES string of the molecule is C[C@@H](Sc1nnc(Cc2cccs2)n1-c1ccccc1)C(=O)Nc1ccc(S(N)(=O)=O)cc1. The van der Waals surface area contributed by atoms with Gasteiger partial charge in [0.2, 0.25) is 15.9 Å². The van der Waals surface area contributed by atoms with E-state index in [9.17, 15) is 13.2 Å². The first-order valence-corrected chi connectivity index (χ1v) is 13.2. The van der Waals surface area contributed by atoms with Crippen LogP contribution in [0.3, 0.4) is 0 Å². The summed E-state index contributed by atoms with van der Waals surface area (Å²) in [5.41, 5.74) is 1.39. The first-order chi connectivity index (χ1) is 15.8. The Morgan fingerprint density at radius 1 is 1.09 bits per heavy atom. The molecule has 2 aromatic heterocycles. The van der Waals surface area contributed by atoms with Gasteiger partial charge < -0.3 is 5.32 Å². The highest BCUT2D eigenvalue weighted by Crippen LogP contribution is 2.28. The van der Waals surface area contributed by atoms with Crippen LogP contribution in [-0.4, -0.2) is 34.3 Å². The smallest absolute Gasteiger partial charge is 0.238 e. The highest BCUT2D eigenvalue weighted by atomic mass is 32.2. The molecule has 2 aromatic carbocycles. The monoisotopic (exact) mass is 499 g/mol. The third-order valence-corrected chi connectivity index (χ3v) is 7.58. The lowest BCUT2D eigenvalue weighted by Gasteiger charge is -2.14. The van der Waals surface area contributed by atoms with Gasteiger partial charge in [-0.25, -0.2) is 13.6 Å². The van der Waals surface area contributed by atoms with E-state index >= 15 is 0 Å². The average Bonchev–Trinajstić information content (AvgIpc) is 3.44. The largest absolute Gasteiger partial charge is 0.325 e. The summed E-state index contributed by atoms with van der Waals surface area (Å²) in [5, 5.41) is 18.8. The Bertz CT molecular complexity index is 1340. The van der Waals surface area contributed by atoms with Crippen molar-refractivity contribution in [3.8, 4) is 5.69 Å². The molecule has 4 rings (SSSR count). The Hall–Kier alpha value is -2.99. The zero-order chi connectivity index (χ0) is 23.4. The standard InChI is InChI=1S/C22H21N5O3S3/c1-15(21(28)24-16-9-11-19(12-10-16)33(23,29)30)32-22-26-25-20(14-18-8-5-13-31-18)27(22)17-6-3-2-4-7-17/h2-13,15H,14H2,1H3,(H,24,28)(H2,23,29,30)/t15-/m1/s1.